The minimum atomic E-state index is -0.518. The fourth-order valence-electron chi connectivity index (χ4n) is 3.38. The highest BCUT2D eigenvalue weighted by atomic mass is 35.5. The fourth-order valence-corrected chi connectivity index (χ4v) is 3.50. The summed E-state index contributed by atoms with van der Waals surface area (Å²) < 4.78 is 4.24. The molecule has 10 heteroatoms. The highest BCUT2D eigenvalue weighted by molar-refractivity contribution is 6.30. The number of aliphatic hydroxyl groups excluding tert-OH is 1. The second kappa shape index (κ2) is 8.75. The normalized spacial score (nSPS) is 12.0. The third kappa shape index (κ3) is 4.23. The molecule has 160 valence electrons. The number of rotatable bonds is 6. The summed E-state index contributed by atoms with van der Waals surface area (Å²) in [4.78, 5) is 32.6. The van der Waals surface area contributed by atoms with E-state index in [1.165, 1.54) is 4.57 Å². The Balaban J connectivity index is 1.85. The second-order valence-electron chi connectivity index (χ2n) is 6.94. The Morgan fingerprint density at radius 1 is 1.13 bits per heavy atom. The van der Waals surface area contributed by atoms with Crippen LogP contribution in [0.2, 0.25) is 5.02 Å². The molecule has 4 rings (SSSR count). The monoisotopic (exact) mass is 440 g/mol. The van der Waals surface area contributed by atoms with E-state index >= 15 is 0 Å². The van der Waals surface area contributed by atoms with Crippen LogP contribution in [-0.4, -0.2) is 35.6 Å². The third-order valence-corrected chi connectivity index (χ3v) is 5.18. The Kier molecular flexibility index (Phi) is 5.88. The molecule has 2 aromatic heterocycles. The number of nitrogens with one attached hydrogen (secondary N) is 1. The van der Waals surface area contributed by atoms with Gasteiger partial charge in [-0.2, -0.15) is 5.10 Å². The van der Waals surface area contributed by atoms with E-state index in [1.807, 2.05) is 24.3 Å². The molecule has 0 spiro atoms. The molecular formula is C21H21ClN6O3. The van der Waals surface area contributed by atoms with Crippen LogP contribution in [0.5, 0.6) is 0 Å². The molecule has 31 heavy (non-hydrogen) atoms. The molecule has 0 amide bonds. The number of nitrogens with zero attached hydrogens (tertiary/aromatic N) is 5. The summed E-state index contributed by atoms with van der Waals surface area (Å²) in [7, 11) is 0. The van der Waals surface area contributed by atoms with Crippen LogP contribution in [0.15, 0.2) is 63.2 Å². The molecule has 0 aliphatic rings. The first-order valence-electron chi connectivity index (χ1n) is 9.79. The first-order valence-corrected chi connectivity index (χ1v) is 10.2. The number of aromatic nitrogens is 5. The molecule has 4 aromatic rings. The smallest absolute Gasteiger partial charge is 0.335 e. The molecule has 0 radical (unpaired) electrons. The van der Waals surface area contributed by atoms with Gasteiger partial charge in [-0.05, 0) is 42.8 Å². The molecular weight excluding hydrogens is 420 g/mol. The summed E-state index contributed by atoms with van der Waals surface area (Å²) in [5.74, 6) is 0. The van der Waals surface area contributed by atoms with Gasteiger partial charge in [0, 0.05) is 17.0 Å². The molecule has 0 atom stereocenters. The summed E-state index contributed by atoms with van der Waals surface area (Å²) in [6.07, 6.45) is 1.68. The van der Waals surface area contributed by atoms with Gasteiger partial charge in [0.15, 0.2) is 0 Å². The number of hydrogen-bond acceptors (Lipinski definition) is 5. The molecule has 0 aliphatic heterocycles. The maximum absolute atomic E-state index is 13.0. The molecule has 2 aromatic carbocycles. The Hall–Kier alpha value is -3.43. The molecule has 2 heterocycles. The second-order valence-corrected chi connectivity index (χ2v) is 7.38. The lowest BCUT2D eigenvalue weighted by Gasteiger charge is -2.10. The number of aliphatic hydroxyl groups is 1. The van der Waals surface area contributed by atoms with Gasteiger partial charge in [-0.15, -0.1) is 0 Å². The summed E-state index contributed by atoms with van der Waals surface area (Å²) in [6.45, 7) is 2.58. The van der Waals surface area contributed by atoms with Crippen molar-refractivity contribution in [3.05, 3.63) is 85.8 Å². The fraction of sp³-hybridized carbons (Fsp3) is 0.238. The van der Waals surface area contributed by atoms with Crippen molar-refractivity contribution in [3.8, 4) is 0 Å². The number of halogens is 1. The first-order chi connectivity index (χ1) is 15.0. The van der Waals surface area contributed by atoms with E-state index < -0.39 is 11.4 Å². The summed E-state index contributed by atoms with van der Waals surface area (Å²) >= 11 is 5.96. The molecule has 0 fully saturated rings. The van der Waals surface area contributed by atoms with Crippen LogP contribution in [0.1, 0.15) is 12.5 Å². The van der Waals surface area contributed by atoms with Gasteiger partial charge in [0.1, 0.15) is 0 Å². The number of H-pyrrole nitrogens is 1. The van der Waals surface area contributed by atoms with Crippen LogP contribution in [0.25, 0.3) is 10.9 Å². The zero-order valence-corrected chi connectivity index (χ0v) is 17.6. The van der Waals surface area contributed by atoms with Crippen LogP contribution in [0.3, 0.4) is 0 Å². The average molecular weight is 441 g/mol. The quantitative estimate of drug-likeness (QED) is 0.474. The van der Waals surface area contributed by atoms with Gasteiger partial charge in [-0.25, -0.2) is 19.1 Å². The molecule has 0 bridgehead atoms. The molecule has 0 aliphatic carbocycles. The lowest BCUT2D eigenvalue weighted by atomic mass is 10.2. The largest absolute Gasteiger partial charge is 0.394 e. The van der Waals surface area contributed by atoms with E-state index in [1.54, 1.807) is 36.0 Å². The van der Waals surface area contributed by atoms with E-state index in [-0.39, 0.29) is 25.3 Å². The van der Waals surface area contributed by atoms with Crippen molar-refractivity contribution in [2.75, 3.05) is 6.61 Å². The Morgan fingerprint density at radius 2 is 1.90 bits per heavy atom. The SMILES string of the molecule is CCn1c(=O)[nH]/c(=N\c2ccc3c(cnn3CCO)c2)n(Cc2ccc(Cl)cc2)c1=O. The number of benzene rings is 2. The molecule has 0 unspecified atom stereocenters. The van der Waals surface area contributed by atoms with Crippen molar-refractivity contribution in [2.24, 2.45) is 4.99 Å². The zero-order chi connectivity index (χ0) is 22.0. The molecule has 9 nitrogen and oxygen atoms in total. The van der Waals surface area contributed by atoms with Crippen LogP contribution in [0.4, 0.5) is 5.69 Å². The van der Waals surface area contributed by atoms with Crippen molar-refractivity contribution in [3.63, 3.8) is 0 Å². The van der Waals surface area contributed by atoms with Crippen molar-refractivity contribution < 1.29 is 5.11 Å². The topological polar surface area (TPSA) is 110 Å². The van der Waals surface area contributed by atoms with Gasteiger partial charge in [0.2, 0.25) is 5.62 Å². The van der Waals surface area contributed by atoms with Crippen molar-refractivity contribution >= 4 is 28.2 Å². The van der Waals surface area contributed by atoms with Crippen molar-refractivity contribution in [1.82, 2.24) is 23.9 Å². The number of fused-ring (bicyclic) bond motifs is 1. The van der Waals surface area contributed by atoms with Crippen molar-refractivity contribution in [1.29, 1.82) is 0 Å². The Morgan fingerprint density at radius 3 is 2.61 bits per heavy atom. The Labute approximate surface area is 181 Å². The summed E-state index contributed by atoms with van der Waals surface area (Å²) in [5, 5.41) is 14.8. The predicted molar refractivity (Wildman–Crippen MR) is 118 cm³/mol. The highest BCUT2D eigenvalue weighted by Gasteiger charge is 2.09. The zero-order valence-electron chi connectivity index (χ0n) is 16.8. The van der Waals surface area contributed by atoms with Crippen LogP contribution < -0.4 is 17.0 Å². The van der Waals surface area contributed by atoms with Crippen LogP contribution in [-0.2, 0) is 19.6 Å². The van der Waals surface area contributed by atoms with Gasteiger partial charge in [0.25, 0.3) is 0 Å². The van der Waals surface area contributed by atoms with E-state index in [0.29, 0.717) is 17.3 Å². The van der Waals surface area contributed by atoms with Gasteiger partial charge < -0.3 is 5.11 Å². The maximum Gasteiger partial charge on any atom is 0.335 e. The third-order valence-electron chi connectivity index (χ3n) is 4.92. The number of hydrogen-bond donors (Lipinski definition) is 2. The van der Waals surface area contributed by atoms with Crippen LogP contribution >= 0.6 is 11.6 Å². The van der Waals surface area contributed by atoms with Gasteiger partial charge in [-0.3, -0.25) is 14.2 Å². The van der Waals surface area contributed by atoms with Crippen LogP contribution in [0, 0.1) is 0 Å². The van der Waals surface area contributed by atoms with E-state index in [2.05, 4.69) is 15.1 Å². The maximum atomic E-state index is 13.0. The van der Waals surface area contributed by atoms with E-state index in [4.69, 9.17) is 16.7 Å². The van der Waals surface area contributed by atoms with Gasteiger partial charge in [0.05, 0.1) is 37.1 Å². The minimum absolute atomic E-state index is 0.0113. The Bertz CT molecular complexity index is 1410. The lowest BCUT2D eigenvalue weighted by Crippen LogP contribution is -2.49. The van der Waals surface area contributed by atoms with Gasteiger partial charge >= 0.3 is 11.4 Å². The standard InChI is InChI=1S/C21H21ClN6O3/c1-2-26-20(30)25-19(27(21(26)31)13-14-3-5-16(22)6-4-14)24-17-7-8-18-15(11-17)12-23-28(18)9-10-29/h3-8,11-12,29H,2,9-10,13H2,1H3,(H,24,25,30). The molecule has 2 N–H and O–H groups in total. The van der Waals surface area contributed by atoms with E-state index in [9.17, 15) is 9.59 Å². The minimum Gasteiger partial charge on any atom is -0.394 e. The lowest BCUT2D eigenvalue weighted by molar-refractivity contribution is 0.271. The predicted octanol–water partition coefficient (Wildman–Crippen LogP) is 1.63. The van der Waals surface area contributed by atoms with Gasteiger partial charge in [-0.1, -0.05) is 23.7 Å². The summed E-state index contributed by atoms with van der Waals surface area (Å²) in [5.41, 5.74) is 1.45. The molecule has 0 saturated heterocycles. The number of aromatic amines is 1. The van der Waals surface area contributed by atoms with Crippen molar-refractivity contribution in [2.45, 2.75) is 26.6 Å². The average Bonchev–Trinajstić information content (AvgIpc) is 3.15. The summed E-state index contributed by atoms with van der Waals surface area (Å²) in [6, 6.07) is 12.6. The highest BCUT2D eigenvalue weighted by Crippen LogP contribution is 2.20. The van der Waals surface area contributed by atoms with E-state index in [0.717, 1.165) is 21.0 Å². The first kappa shape index (κ1) is 20.8. The molecule has 0 saturated carbocycles.